The van der Waals surface area contributed by atoms with Gasteiger partial charge in [-0.05, 0) is 44.0 Å². The molecule has 1 fully saturated rings. The summed E-state index contributed by atoms with van der Waals surface area (Å²) in [7, 11) is 0. The van der Waals surface area contributed by atoms with E-state index in [1.54, 1.807) is 12.1 Å². The molecule has 3 rings (SSSR count). The van der Waals surface area contributed by atoms with E-state index in [0.717, 1.165) is 49.6 Å². The summed E-state index contributed by atoms with van der Waals surface area (Å²) in [5.41, 5.74) is -1.84. The quantitative estimate of drug-likeness (QED) is 0.324. The number of amides is 1. The molecule has 2 aromatic rings. The van der Waals surface area contributed by atoms with Crippen molar-refractivity contribution in [1.82, 2.24) is 5.32 Å². The molecule has 0 unspecified atom stereocenters. The molecule has 1 N–H and O–H groups in total. The van der Waals surface area contributed by atoms with Crippen LogP contribution in [-0.2, 0) is 15.7 Å². The lowest BCUT2D eigenvalue weighted by molar-refractivity contribution is -0.388. The number of rotatable bonds is 7. The van der Waals surface area contributed by atoms with Crippen molar-refractivity contribution >= 4 is 29.3 Å². The fourth-order valence-electron chi connectivity index (χ4n) is 3.43. The van der Waals surface area contributed by atoms with Crippen molar-refractivity contribution in [3.05, 3.63) is 63.7 Å². The molecule has 1 saturated carbocycles. The number of carbonyl (C=O) groups excluding carboxylic acids is 2. The maximum atomic E-state index is 13.0. The van der Waals surface area contributed by atoms with Crippen LogP contribution >= 0.6 is 11.8 Å². The molecule has 11 heteroatoms. The third-order valence-corrected chi connectivity index (χ3v) is 6.31. The Morgan fingerprint density at radius 3 is 2.45 bits per heavy atom. The Labute approximate surface area is 191 Å². The van der Waals surface area contributed by atoms with E-state index in [-0.39, 0.29) is 21.4 Å². The average Bonchev–Trinajstić information content (AvgIpc) is 3.26. The van der Waals surface area contributed by atoms with Gasteiger partial charge in [0, 0.05) is 17.0 Å². The standard InChI is InChI=1S/C22H21F3N2O5S/c1-13(20(28)26-15-6-2-3-7-15)32-21(29)16-8-4-5-9-18(16)33-19-11-10-14(22(23,24)25)12-17(19)27(30)31/h4-5,8-13,15H,2-3,6-7H2,1H3,(H,26,28)/t13-/m1/s1. The molecule has 0 aliphatic heterocycles. The highest BCUT2D eigenvalue weighted by molar-refractivity contribution is 7.99. The molecule has 0 bridgehead atoms. The summed E-state index contributed by atoms with van der Waals surface area (Å²) >= 11 is 0.768. The maximum Gasteiger partial charge on any atom is 0.416 e. The molecular weight excluding hydrogens is 461 g/mol. The lowest BCUT2D eigenvalue weighted by atomic mass is 10.2. The molecule has 2 aromatic carbocycles. The van der Waals surface area contributed by atoms with Gasteiger partial charge < -0.3 is 10.1 Å². The number of benzene rings is 2. The Kier molecular flexibility index (Phi) is 7.62. The van der Waals surface area contributed by atoms with E-state index in [4.69, 9.17) is 4.74 Å². The highest BCUT2D eigenvalue weighted by atomic mass is 32.2. The third-order valence-electron chi connectivity index (χ3n) is 5.16. The molecule has 0 radical (unpaired) electrons. The Hall–Kier alpha value is -3.08. The van der Waals surface area contributed by atoms with Gasteiger partial charge in [0.25, 0.3) is 11.6 Å². The van der Waals surface area contributed by atoms with Crippen molar-refractivity contribution in [2.45, 2.75) is 60.7 Å². The van der Waals surface area contributed by atoms with Gasteiger partial charge in [0.1, 0.15) is 0 Å². The number of alkyl halides is 3. The normalized spacial score (nSPS) is 15.2. The van der Waals surface area contributed by atoms with Crippen molar-refractivity contribution in [3.8, 4) is 0 Å². The molecule has 0 heterocycles. The van der Waals surface area contributed by atoms with Crippen LogP contribution in [0.5, 0.6) is 0 Å². The summed E-state index contributed by atoms with van der Waals surface area (Å²) in [5.74, 6) is -1.24. The lowest BCUT2D eigenvalue weighted by Gasteiger charge is -2.18. The number of nitro benzene ring substituents is 1. The van der Waals surface area contributed by atoms with Gasteiger partial charge in [-0.15, -0.1) is 0 Å². The van der Waals surface area contributed by atoms with Gasteiger partial charge in [-0.25, -0.2) is 4.79 Å². The third kappa shape index (κ3) is 6.25. The van der Waals surface area contributed by atoms with E-state index < -0.39 is 40.3 Å². The lowest BCUT2D eigenvalue weighted by Crippen LogP contribution is -2.40. The summed E-state index contributed by atoms with van der Waals surface area (Å²) < 4.78 is 44.1. The monoisotopic (exact) mass is 482 g/mol. The van der Waals surface area contributed by atoms with Crippen molar-refractivity contribution in [1.29, 1.82) is 0 Å². The zero-order chi connectivity index (χ0) is 24.2. The van der Waals surface area contributed by atoms with Gasteiger partial charge in [0.15, 0.2) is 6.10 Å². The molecule has 0 saturated heterocycles. The summed E-state index contributed by atoms with van der Waals surface area (Å²) in [6, 6.07) is 8.28. The van der Waals surface area contributed by atoms with Crippen LogP contribution in [0.2, 0.25) is 0 Å². The second-order valence-corrected chi connectivity index (χ2v) is 8.66. The number of halogens is 3. The van der Waals surface area contributed by atoms with Gasteiger partial charge in [-0.3, -0.25) is 14.9 Å². The van der Waals surface area contributed by atoms with E-state index in [1.807, 2.05) is 0 Å². The van der Waals surface area contributed by atoms with Gasteiger partial charge in [0.2, 0.25) is 0 Å². The zero-order valence-electron chi connectivity index (χ0n) is 17.6. The number of hydrogen-bond acceptors (Lipinski definition) is 6. The fraction of sp³-hybridized carbons (Fsp3) is 0.364. The topological polar surface area (TPSA) is 98.5 Å². The van der Waals surface area contributed by atoms with E-state index in [1.165, 1.54) is 19.1 Å². The predicted octanol–water partition coefficient (Wildman–Crippen LogP) is 5.37. The SMILES string of the molecule is C[C@@H](OC(=O)c1ccccc1Sc1ccc(C(F)(F)F)cc1[N+](=O)[O-])C(=O)NC1CCCC1. The minimum Gasteiger partial charge on any atom is -0.449 e. The molecule has 0 aromatic heterocycles. The molecule has 1 atom stereocenters. The van der Waals surface area contributed by atoms with E-state index >= 15 is 0 Å². The van der Waals surface area contributed by atoms with Gasteiger partial charge in [-0.2, -0.15) is 13.2 Å². The Bertz CT molecular complexity index is 1050. The largest absolute Gasteiger partial charge is 0.449 e. The second kappa shape index (κ2) is 10.2. The molecular formula is C22H21F3N2O5S. The minimum atomic E-state index is -4.73. The molecule has 1 aliphatic rings. The summed E-state index contributed by atoms with van der Waals surface area (Å²) in [5, 5.41) is 14.2. The number of nitrogens with one attached hydrogen (secondary N) is 1. The van der Waals surface area contributed by atoms with Gasteiger partial charge >= 0.3 is 12.1 Å². The van der Waals surface area contributed by atoms with Crippen LogP contribution in [0.15, 0.2) is 52.3 Å². The molecule has 0 spiro atoms. The first kappa shape index (κ1) is 24.6. The number of ether oxygens (including phenoxy) is 1. The van der Waals surface area contributed by atoms with E-state index in [2.05, 4.69) is 5.32 Å². The molecule has 1 amide bonds. The Balaban J connectivity index is 1.78. The number of nitrogens with zero attached hydrogens (tertiary/aromatic N) is 1. The van der Waals surface area contributed by atoms with E-state index in [0.29, 0.717) is 6.07 Å². The summed E-state index contributed by atoms with van der Waals surface area (Å²) in [4.78, 5) is 35.7. The highest BCUT2D eigenvalue weighted by Crippen LogP contribution is 2.40. The first-order chi connectivity index (χ1) is 15.6. The fourth-order valence-corrected chi connectivity index (χ4v) is 4.45. The van der Waals surface area contributed by atoms with Crippen LogP contribution in [0.3, 0.4) is 0 Å². The molecule has 176 valence electrons. The van der Waals surface area contributed by atoms with Crippen LogP contribution in [0.4, 0.5) is 18.9 Å². The average molecular weight is 482 g/mol. The maximum absolute atomic E-state index is 13.0. The van der Waals surface area contributed by atoms with Crippen molar-refractivity contribution < 1.29 is 32.4 Å². The first-order valence-corrected chi connectivity index (χ1v) is 11.0. The zero-order valence-corrected chi connectivity index (χ0v) is 18.4. The van der Waals surface area contributed by atoms with Crippen LogP contribution < -0.4 is 5.32 Å². The Morgan fingerprint density at radius 1 is 1.15 bits per heavy atom. The van der Waals surface area contributed by atoms with Crippen LogP contribution in [0.25, 0.3) is 0 Å². The van der Waals surface area contributed by atoms with E-state index in [9.17, 15) is 32.9 Å². The van der Waals surface area contributed by atoms with Gasteiger partial charge in [-0.1, -0.05) is 36.7 Å². The number of nitro groups is 1. The van der Waals surface area contributed by atoms with Crippen molar-refractivity contribution in [2.24, 2.45) is 0 Å². The highest BCUT2D eigenvalue weighted by Gasteiger charge is 2.33. The van der Waals surface area contributed by atoms with Gasteiger partial charge in [0.05, 0.1) is 20.9 Å². The van der Waals surface area contributed by atoms with Crippen LogP contribution in [-0.4, -0.2) is 28.9 Å². The van der Waals surface area contributed by atoms with Crippen molar-refractivity contribution in [3.63, 3.8) is 0 Å². The van der Waals surface area contributed by atoms with Crippen molar-refractivity contribution in [2.75, 3.05) is 0 Å². The molecule has 1 aliphatic carbocycles. The van der Waals surface area contributed by atoms with Crippen LogP contribution in [0.1, 0.15) is 48.5 Å². The molecule has 7 nitrogen and oxygen atoms in total. The first-order valence-electron chi connectivity index (χ1n) is 10.2. The summed E-state index contributed by atoms with van der Waals surface area (Å²) in [6.45, 7) is 1.44. The summed E-state index contributed by atoms with van der Waals surface area (Å²) in [6.07, 6.45) is -1.99. The smallest absolute Gasteiger partial charge is 0.416 e. The minimum absolute atomic E-state index is 0.0391. The number of esters is 1. The number of hydrogen-bond donors (Lipinski definition) is 1. The Morgan fingerprint density at radius 2 is 1.82 bits per heavy atom. The second-order valence-electron chi connectivity index (χ2n) is 7.57. The number of carbonyl (C=O) groups is 2. The molecule has 33 heavy (non-hydrogen) atoms. The predicted molar refractivity (Wildman–Crippen MR) is 114 cm³/mol. The van der Waals surface area contributed by atoms with Crippen LogP contribution in [0, 0.1) is 10.1 Å².